The monoisotopic (exact) mass is 524 g/mol. The minimum atomic E-state index is -0.309. The molecule has 0 spiro atoms. The number of nitrogens with two attached hydrogens (primary N) is 1. The SMILES string of the molecule is Cc1cccc2c(O)cc3c(c12)C(CCl)CN3C(=O)c1ccc2[nH]c(C(=O)Nc3cccc(N)c3)cc2c1. The van der Waals surface area contributed by atoms with E-state index in [0.29, 0.717) is 40.7 Å². The zero-order valence-electron chi connectivity index (χ0n) is 20.6. The van der Waals surface area contributed by atoms with Crippen LogP contribution in [0.2, 0.25) is 0 Å². The van der Waals surface area contributed by atoms with E-state index >= 15 is 0 Å². The molecule has 8 heteroatoms. The molecule has 4 aromatic carbocycles. The molecular weight excluding hydrogens is 500 g/mol. The Balaban J connectivity index is 1.34. The molecule has 0 radical (unpaired) electrons. The number of H-pyrrole nitrogens is 1. The number of aromatic amines is 1. The van der Waals surface area contributed by atoms with Gasteiger partial charge in [0.2, 0.25) is 0 Å². The summed E-state index contributed by atoms with van der Waals surface area (Å²) < 4.78 is 0. The van der Waals surface area contributed by atoms with Gasteiger partial charge in [-0.25, -0.2) is 0 Å². The van der Waals surface area contributed by atoms with Crippen molar-refractivity contribution in [2.45, 2.75) is 12.8 Å². The molecule has 5 aromatic rings. The first-order valence-electron chi connectivity index (χ1n) is 12.3. The van der Waals surface area contributed by atoms with Crippen molar-refractivity contribution in [2.75, 3.05) is 28.4 Å². The highest BCUT2D eigenvalue weighted by Gasteiger charge is 2.35. The number of phenolic OH excluding ortho intramolecular Hbond substituents is 1. The van der Waals surface area contributed by atoms with Gasteiger partial charge in [-0.05, 0) is 65.9 Å². The number of aromatic hydroxyl groups is 1. The summed E-state index contributed by atoms with van der Waals surface area (Å²) in [6.45, 7) is 2.42. The fourth-order valence-corrected chi connectivity index (χ4v) is 5.63. The Labute approximate surface area is 223 Å². The predicted molar refractivity (Wildman–Crippen MR) is 153 cm³/mol. The van der Waals surface area contributed by atoms with Crippen LogP contribution in [0.25, 0.3) is 21.7 Å². The topological polar surface area (TPSA) is 111 Å². The Morgan fingerprint density at radius 2 is 1.92 bits per heavy atom. The average molecular weight is 525 g/mol. The summed E-state index contributed by atoms with van der Waals surface area (Å²) in [4.78, 5) is 31.4. The second-order valence-corrected chi connectivity index (χ2v) is 9.97. The van der Waals surface area contributed by atoms with Crippen LogP contribution < -0.4 is 16.0 Å². The van der Waals surface area contributed by atoms with Crippen molar-refractivity contribution in [3.8, 4) is 5.75 Å². The molecule has 0 bridgehead atoms. The molecule has 1 aliphatic rings. The van der Waals surface area contributed by atoms with Gasteiger partial charge in [0.05, 0.1) is 5.69 Å². The van der Waals surface area contributed by atoms with Crippen molar-refractivity contribution in [3.63, 3.8) is 0 Å². The summed E-state index contributed by atoms with van der Waals surface area (Å²) in [7, 11) is 0. The molecule has 2 amide bonds. The van der Waals surface area contributed by atoms with E-state index in [4.69, 9.17) is 17.3 Å². The van der Waals surface area contributed by atoms with Crippen LogP contribution in [0.5, 0.6) is 5.75 Å². The number of anilines is 3. The van der Waals surface area contributed by atoms with Gasteiger partial charge in [0.25, 0.3) is 11.8 Å². The first kappa shape index (κ1) is 23.9. The van der Waals surface area contributed by atoms with Gasteiger partial charge in [0.15, 0.2) is 0 Å². The maximum Gasteiger partial charge on any atom is 0.272 e. The van der Waals surface area contributed by atoms with Crippen LogP contribution in [0.15, 0.2) is 72.8 Å². The maximum absolute atomic E-state index is 13.8. The number of carbonyl (C=O) groups excluding carboxylic acids is 2. The molecule has 1 aliphatic heterocycles. The lowest BCUT2D eigenvalue weighted by molar-refractivity contribution is 0.0986. The number of aromatic nitrogens is 1. The first-order chi connectivity index (χ1) is 18.3. The Bertz CT molecular complexity index is 1760. The molecule has 1 unspecified atom stereocenters. The molecule has 38 heavy (non-hydrogen) atoms. The number of alkyl halides is 1. The van der Waals surface area contributed by atoms with E-state index in [0.717, 1.165) is 32.8 Å². The van der Waals surface area contributed by atoms with E-state index in [9.17, 15) is 14.7 Å². The van der Waals surface area contributed by atoms with Gasteiger partial charge in [-0.3, -0.25) is 9.59 Å². The second kappa shape index (κ2) is 9.11. The number of amides is 2. The van der Waals surface area contributed by atoms with Crippen LogP contribution >= 0.6 is 11.6 Å². The number of hydrogen-bond donors (Lipinski definition) is 4. The normalized spacial score (nSPS) is 14.7. The first-order valence-corrected chi connectivity index (χ1v) is 12.8. The van der Waals surface area contributed by atoms with Crippen molar-refractivity contribution >= 4 is 62.2 Å². The molecule has 2 heterocycles. The lowest BCUT2D eigenvalue weighted by atomic mass is 9.92. The fraction of sp³-hybridized carbons (Fsp3) is 0.133. The standard InChI is InChI=1S/C30H25ClN4O3/c1-16-4-2-7-22-26(36)13-25-28(27(16)22)19(14-31)15-35(25)30(38)17-8-9-23-18(10-17)11-24(34-23)29(37)33-21-6-3-5-20(32)12-21/h2-13,19,34,36H,14-15,32H2,1H3,(H,33,37). The van der Waals surface area contributed by atoms with E-state index in [-0.39, 0.29) is 23.5 Å². The Hall–Kier alpha value is -4.49. The van der Waals surface area contributed by atoms with Crippen LogP contribution in [0, 0.1) is 6.92 Å². The van der Waals surface area contributed by atoms with Gasteiger partial charge in [-0.1, -0.05) is 24.3 Å². The van der Waals surface area contributed by atoms with E-state index in [1.807, 2.05) is 25.1 Å². The molecule has 7 nitrogen and oxygen atoms in total. The van der Waals surface area contributed by atoms with Gasteiger partial charge >= 0.3 is 0 Å². The molecule has 190 valence electrons. The third-order valence-corrected chi connectivity index (χ3v) is 7.53. The summed E-state index contributed by atoms with van der Waals surface area (Å²) in [5.41, 5.74) is 11.2. The average Bonchev–Trinajstić information content (AvgIpc) is 3.49. The van der Waals surface area contributed by atoms with E-state index < -0.39 is 0 Å². The van der Waals surface area contributed by atoms with Crippen molar-refractivity contribution in [3.05, 3.63) is 95.2 Å². The molecule has 6 rings (SSSR count). The lowest BCUT2D eigenvalue weighted by Gasteiger charge is -2.19. The highest BCUT2D eigenvalue weighted by atomic mass is 35.5. The van der Waals surface area contributed by atoms with Crippen LogP contribution in [0.1, 0.15) is 37.9 Å². The molecule has 0 saturated heterocycles. The van der Waals surface area contributed by atoms with Crippen LogP contribution in [-0.4, -0.2) is 34.3 Å². The second-order valence-electron chi connectivity index (χ2n) is 9.66. The number of phenols is 1. The Kier molecular flexibility index (Phi) is 5.73. The van der Waals surface area contributed by atoms with E-state index in [1.165, 1.54) is 0 Å². The molecule has 0 saturated carbocycles. The number of nitrogen functional groups attached to an aromatic ring is 1. The number of nitrogens with zero attached hydrogens (tertiary/aromatic N) is 1. The number of fused-ring (bicyclic) bond motifs is 4. The Morgan fingerprint density at radius 1 is 1.11 bits per heavy atom. The van der Waals surface area contributed by atoms with Gasteiger partial charge < -0.3 is 26.0 Å². The summed E-state index contributed by atoms with van der Waals surface area (Å²) >= 11 is 6.37. The number of halogens is 1. The lowest BCUT2D eigenvalue weighted by Crippen LogP contribution is -2.30. The van der Waals surface area contributed by atoms with Gasteiger partial charge in [0.1, 0.15) is 11.4 Å². The van der Waals surface area contributed by atoms with Crippen molar-refractivity contribution in [2.24, 2.45) is 0 Å². The number of hydrogen-bond acceptors (Lipinski definition) is 4. The zero-order chi connectivity index (χ0) is 26.6. The predicted octanol–water partition coefficient (Wildman–Crippen LogP) is 6.15. The molecule has 5 N–H and O–H groups in total. The highest BCUT2D eigenvalue weighted by Crippen LogP contribution is 2.46. The minimum absolute atomic E-state index is 0.0573. The van der Waals surface area contributed by atoms with E-state index in [2.05, 4.69) is 10.3 Å². The third kappa shape index (κ3) is 3.92. The van der Waals surface area contributed by atoms with E-state index in [1.54, 1.807) is 59.5 Å². The van der Waals surface area contributed by atoms with Crippen molar-refractivity contribution < 1.29 is 14.7 Å². The molecule has 1 aromatic heterocycles. The highest BCUT2D eigenvalue weighted by molar-refractivity contribution is 6.19. The maximum atomic E-state index is 13.8. The molecule has 1 atom stereocenters. The van der Waals surface area contributed by atoms with Crippen molar-refractivity contribution in [1.29, 1.82) is 0 Å². The number of carbonyl (C=O) groups is 2. The van der Waals surface area contributed by atoms with Crippen LogP contribution in [-0.2, 0) is 0 Å². The summed E-state index contributed by atoms with van der Waals surface area (Å²) in [6, 6.07) is 21.4. The number of rotatable bonds is 4. The van der Waals surface area contributed by atoms with Gasteiger partial charge in [-0.2, -0.15) is 0 Å². The molecular formula is C30H25ClN4O3. The summed E-state index contributed by atoms with van der Waals surface area (Å²) in [5, 5.41) is 16.0. The Morgan fingerprint density at radius 3 is 2.71 bits per heavy atom. The molecule has 0 fully saturated rings. The van der Waals surface area contributed by atoms with Gasteiger partial charge in [-0.15, -0.1) is 11.6 Å². The largest absolute Gasteiger partial charge is 0.507 e. The smallest absolute Gasteiger partial charge is 0.272 e. The fourth-order valence-electron chi connectivity index (χ4n) is 5.38. The minimum Gasteiger partial charge on any atom is -0.507 e. The summed E-state index contributed by atoms with van der Waals surface area (Å²) in [6.07, 6.45) is 0. The molecule has 0 aliphatic carbocycles. The van der Waals surface area contributed by atoms with Crippen LogP contribution in [0.3, 0.4) is 0 Å². The van der Waals surface area contributed by atoms with Gasteiger partial charge in [0, 0.05) is 57.6 Å². The number of aryl methyl sites for hydroxylation is 1. The third-order valence-electron chi connectivity index (χ3n) is 7.16. The zero-order valence-corrected chi connectivity index (χ0v) is 21.3. The quantitative estimate of drug-likeness (QED) is 0.167. The van der Waals surface area contributed by atoms with Crippen LogP contribution in [0.4, 0.5) is 17.1 Å². The number of nitrogens with one attached hydrogen (secondary N) is 2. The van der Waals surface area contributed by atoms with Crippen molar-refractivity contribution in [1.82, 2.24) is 4.98 Å². The number of benzene rings is 4. The summed E-state index contributed by atoms with van der Waals surface area (Å²) in [5.74, 6) is -0.0747.